The van der Waals surface area contributed by atoms with Crippen molar-refractivity contribution in [1.82, 2.24) is 14.9 Å². The molecule has 0 aliphatic carbocycles. The zero-order valence-electron chi connectivity index (χ0n) is 12.2. The summed E-state index contributed by atoms with van der Waals surface area (Å²) in [6.07, 6.45) is 0. The Hall–Kier alpha value is -1.35. The van der Waals surface area contributed by atoms with Crippen LogP contribution in [0.2, 0.25) is 0 Å². The van der Waals surface area contributed by atoms with Gasteiger partial charge in [-0.15, -0.1) is 0 Å². The van der Waals surface area contributed by atoms with Gasteiger partial charge in [-0.05, 0) is 59.4 Å². The summed E-state index contributed by atoms with van der Waals surface area (Å²) in [5.74, 6) is 1.08. The third-order valence-electron chi connectivity index (χ3n) is 3.73. The van der Waals surface area contributed by atoms with Crippen LogP contribution >= 0.6 is 0 Å². The summed E-state index contributed by atoms with van der Waals surface area (Å²) in [6, 6.07) is 7.01. The van der Waals surface area contributed by atoms with E-state index >= 15 is 0 Å². The zero-order chi connectivity index (χ0) is 13.5. The average molecular weight is 245 g/mol. The van der Waals surface area contributed by atoms with E-state index in [-0.39, 0.29) is 5.54 Å². The van der Waals surface area contributed by atoms with Crippen LogP contribution in [-0.4, -0.2) is 16.6 Å². The molecule has 0 spiro atoms. The van der Waals surface area contributed by atoms with Gasteiger partial charge in [0, 0.05) is 11.6 Å². The minimum atomic E-state index is -0.0241. The number of hydrogen-bond acceptors (Lipinski definition) is 2. The highest BCUT2D eigenvalue weighted by molar-refractivity contribution is 5.77. The molecule has 0 fully saturated rings. The number of fused-ring (bicyclic) bond motifs is 1. The summed E-state index contributed by atoms with van der Waals surface area (Å²) in [7, 11) is 1.99. The summed E-state index contributed by atoms with van der Waals surface area (Å²) in [6.45, 7) is 10.8. The van der Waals surface area contributed by atoms with Crippen LogP contribution < -0.4 is 5.32 Å². The number of rotatable bonds is 3. The van der Waals surface area contributed by atoms with Crippen molar-refractivity contribution in [2.45, 2.75) is 46.2 Å². The maximum Gasteiger partial charge on any atom is 0.106 e. The summed E-state index contributed by atoms with van der Waals surface area (Å²) in [5, 5.41) is 3.33. The van der Waals surface area contributed by atoms with Gasteiger partial charge in [-0.2, -0.15) is 0 Å². The Morgan fingerprint density at radius 3 is 2.50 bits per heavy atom. The molecule has 1 aromatic heterocycles. The lowest BCUT2D eigenvalue weighted by Gasteiger charge is -2.24. The van der Waals surface area contributed by atoms with E-state index in [9.17, 15) is 0 Å². The monoisotopic (exact) mass is 245 g/mol. The van der Waals surface area contributed by atoms with E-state index in [1.807, 2.05) is 7.05 Å². The highest BCUT2D eigenvalue weighted by Crippen LogP contribution is 2.26. The smallest absolute Gasteiger partial charge is 0.106 e. The quantitative estimate of drug-likeness (QED) is 0.898. The first-order valence-corrected chi connectivity index (χ1v) is 6.55. The van der Waals surface area contributed by atoms with Crippen molar-refractivity contribution in [3.63, 3.8) is 0 Å². The molecule has 0 bridgehead atoms. The van der Waals surface area contributed by atoms with E-state index in [1.165, 1.54) is 11.1 Å². The molecule has 0 unspecified atom stereocenters. The molecule has 0 aliphatic heterocycles. The lowest BCUT2D eigenvalue weighted by molar-refractivity contribution is 0.445. The van der Waals surface area contributed by atoms with Crippen LogP contribution in [0, 0.1) is 6.92 Å². The Labute approximate surface area is 109 Å². The van der Waals surface area contributed by atoms with Gasteiger partial charge < -0.3 is 9.88 Å². The van der Waals surface area contributed by atoms with Gasteiger partial charge in [0.05, 0.1) is 11.0 Å². The molecule has 1 heterocycles. The zero-order valence-corrected chi connectivity index (χ0v) is 12.2. The maximum absolute atomic E-state index is 4.68. The van der Waals surface area contributed by atoms with Crippen LogP contribution in [0.3, 0.4) is 0 Å². The van der Waals surface area contributed by atoms with Gasteiger partial charge >= 0.3 is 0 Å². The highest BCUT2D eigenvalue weighted by Gasteiger charge is 2.19. The summed E-state index contributed by atoms with van der Waals surface area (Å²) in [5.41, 5.74) is 3.55. The number of hydrogen-bond donors (Lipinski definition) is 1. The van der Waals surface area contributed by atoms with Crippen molar-refractivity contribution in [1.29, 1.82) is 0 Å². The molecule has 3 heteroatoms. The van der Waals surface area contributed by atoms with E-state index < -0.39 is 0 Å². The van der Waals surface area contributed by atoms with Crippen LogP contribution in [0.4, 0.5) is 0 Å². The predicted molar refractivity (Wildman–Crippen MR) is 76.9 cm³/mol. The van der Waals surface area contributed by atoms with Gasteiger partial charge in [0.1, 0.15) is 5.82 Å². The van der Waals surface area contributed by atoms with E-state index in [4.69, 9.17) is 0 Å². The largest absolute Gasteiger partial charge is 0.326 e. The molecule has 0 radical (unpaired) electrons. The Kier molecular flexibility index (Phi) is 3.20. The fraction of sp³-hybridized carbons (Fsp3) is 0.533. The van der Waals surface area contributed by atoms with Crippen LogP contribution in [-0.2, 0) is 5.54 Å². The second-order valence-corrected chi connectivity index (χ2v) is 5.70. The van der Waals surface area contributed by atoms with Crippen LogP contribution in [0.25, 0.3) is 11.0 Å². The van der Waals surface area contributed by atoms with E-state index in [0.717, 1.165) is 11.3 Å². The molecule has 1 N–H and O–H groups in total. The standard InChI is InChI=1S/C15H23N3/c1-10(2)18-11(3)17-13-9-12(7-8-14(13)18)15(4,5)16-6/h7-10,16H,1-6H3. The van der Waals surface area contributed by atoms with Gasteiger partial charge in [0.25, 0.3) is 0 Å². The van der Waals surface area contributed by atoms with Gasteiger partial charge in [0.2, 0.25) is 0 Å². The van der Waals surface area contributed by atoms with Crippen molar-refractivity contribution in [2.75, 3.05) is 7.05 Å². The molecule has 0 atom stereocenters. The number of imidazole rings is 1. The Balaban J connectivity index is 2.62. The number of nitrogens with one attached hydrogen (secondary N) is 1. The first-order chi connectivity index (χ1) is 8.36. The molecule has 2 rings (SSSR count). The van der Waals surface area contributed by atoms with E-state index in [1.54, 1.807) is 0 Å². The van der Waals surface area contributed by atoms with Crippen molar-refractivity contribution in [2.24, 2.45) is 0 Å². The van der Waals surface area contributed by atoms with Crippen molar-refractivity contribution < 1.29 is 0 Å². The van der Waals surface area contributed by atoms with Crippen molar-refractivity contribution in [3.8, 4) is 0 Å². The Morgan fingerprint density at radius 1 is 1.28 bits per heavy atom. The number of aryl methyl sites for hydroxylation is 1. The molecule has 3 nitrogen and oxygen atoms in total. The fourth-order valence-corrected chi connectivity index (χ4v) is 2.40. The number of nitrogens with zero attached hydrogens (tertiary/aromatic N) is 2. The minimum Gasteiger partial charge on any atom is -0.326 e. The minimum absolute atomic E-state index is 0.0241. The number of aromatic nitrogens is 2. The molecule has 0 amide bonds. The summed E-state index contributed by atoms with van der Waals surface area (Å²) >= 11 is 0. The lowest BCUT2D eigenvalue weighted by atomic mass is 9.94. The average Bonchev–Trinajstić information content (AvgIpc) is 2.63. The molecule has 98 valence electrons. The van der Waals surface area contributed by atoms with Crippen LogP contribution in [0.5, 0.6) is 0 Å². The topological polar surface area (TPSA) is 29.9 Å². The Bertz CT molecular complexity index is 564. The molecule has 0 saturated carbocycles. The van der Waals surface area contributed by atoms with Crippen molar-refractivity contribution >= 4 is 11.0 Å². The van der Waals surface area contributed by atoms with Crippen molar-refractivity contribution in [3.05, 3.63) is 29.6 Å². The molecule has 0 saturated heterocycles. The Morgan fingerprint density at radius 2 is 1.94 bits per heavy atom. The number of benzene rings is 1. The normalized spacial score (nSPS) is 12.6. The van der Waals surface area contributed by atoms with Crippen LogP contribution in [0.15, 0.2) is 18.2 Å². The second kappa shape index (κ2) is 4.39. The molecular weight excluding hydrogens is 222 g/mol. The van der Waals surface area contributed by atoms with Crippen LogP contribution in [0.1, 0.15) is 45.1 Å². The lowest BCUT2D eigenvalue weighted by Crippen LogP contribution is -2.32. The first kappa shape index (κ1) is 13.1. The van der Waals surface area contributed by atoms with E-state index in [0.29, 0.717) is 6.04 Å². The summed E-state index contributed by atoms with van der Waals surface area (Å²) < 4.78 is 2.28. The van der Waals surface area contributed by atoms with Gasteiger partial charge in [-0.3, -0.25) is 0 Å². The third-order valence-corrected chi connectivity index (χ3v) is 3.73. The molecule has 18 heavy (non-hydrogen) atoms. The highest BCUT2D eigenvalue weighted by atomic mass is 15.1. The third kappa shape index (κ3) is 2.03. The SMILES string of the molecule is CNC(C)(C)c1ccc2c(c1)nc(C)n2C(C)C. The van der Waals surface area contributed by atoms with Gasteiger partial charge in [-0.1, -0.05) is 6.07 Å². The molecule has 1 aromatic carbocycles. The van der Waals surface area contributed by atoms with Gasteiger partial charge in [0.15, 0.2) is 0 Å². The second-order valence-electron chi connectivity index (χ2n) is 5.70. The van der Waals surface area contributed by atoms with E-state index in [2.05, 4.69) is 67.7 Å². The van der Waals surface area contributed by atoms with Gasteiger partial charge in [-0.25, -0.2) is 4.98 Å². The molecule has 2 aromatic rings. The molecular formula is C15H23N3. The predicted octanol–water partition coefficient (Wildman–Crippen LogP) is 3.38. The fourth-order valence-electron chi connectivity index (χ4n) is 2.40. The summed E-state index contributed by atoms with van der Waals surface area (Å²) in [4.78, 5) is 4.68. The maximum atomic E-state index is 4.68. The first-order valence-electron chi connectivity index (χ1n) is 6.55. The molecule has 0 aliphatic rings.